The monoisotopic (exact) mass is 286 g/mol. The summed E-state index contributed by atoms with van der Waals surface area (Å²) in [7, 11) is 3.22. The average Bonchev–Trinajstić information content (AvgIpc) is 2.32. The highest BCUT2D eigenvalue weighted by molar-refractivity contribution is 5.91. The fourth-order valence-electron chi connectivity index (χ4n) is 1.04. The van der Waals surface area contributed by atoms with E-state index in [0.29, 0.717) is 0 Å². The van der Waals surface area contributed by atoms with Crippen LogP contribution in [-0.2, 0) is 19.1 Å². The molecule has 7 heteroatoms. The molecule has 1 unspecified atom stereocenters. The van der Waals surface area contributed by atoms with Gasteiger partial charge in [0.1, 0.15) is 6.61 Å². The summed E-state index contributed by atoms with van der Waals surface area (Å²) in [6.45, 7) is 5.13. The number of hydrogen-bond acceptors (Lipinski definition) is 5. The van der Waals surface area contributed by atoms with E-state index in [1.165, 1.54) is 4.90 Å². The third-order valence-corrected chi connectivity index (χ3v) is 1.96. The van der Waals surface area contributed by atoms with Crippen LogP contribution in [0.15, 0.2) is 12.2 Å². The SMILES string of the molecule is CC(COC(=O)/C=C/C(=O)OC(C)C)NC(=O)N(C)C. The van der Waals surface area contributed by atoms with Gasteiger partial charge in [-0.25, -0.2) is 14.4 Å². The number of carbonyl (C=O) groups is 3. The highest BCUT2D eigenvalue weighted by Gasteiger charge is 2.10. The van der Waals surface area contributed by atoms with E-state index in [9.17, 15) is 14.4 Å². The first-order valence-electron chi connectivity index (χ1n) is 6.25. The molecular formula is C13H22N2O5. The van der Waals surface area contributed by atoms with E-state index in [1.54, 1.807) is 34.9 Å². The summed E-state index contributed by atoms with van der Waals surface area (Å²) in [5.74, 6) is -1.28. The predicted molar refractivity (Wildman–Crippen MR) is 73.0 cm³/mol. The number of esters is 2. The van der Waals surface area contributed by atoms with E-state index in [-0.39, 0.29) is 24.8 Å². The Kier molecular flexibility index (Phi) is 8.03. The average molecular weight is 286 g/mol. The third-order valence-electron chi connectivity index (χ3n) is 1.96. The van der Waals surface area contributed by atoms with Crippen molar-refractivity contribution in [3.8, 4) is 0 Å². The summed E-state index contributed by atoms with van der Waals surface area (Å²) in [5.41, 5.74) is 0. The topological polar surface area (TPSA) is 84.9 Å². The normalized spacial score (nSPS) is 12.1. The molecule has 0 radical (unpaired) electrons. The van der Waals surface area contributed by atoms with Gasteiger partial charge in [-0.15, -0.1) is 0 Å². The molecule has 0 rings (SSSR count). The zero-order valence-electron chi connectivity index (χ0n) is 12.5. The Morgan fingerprint density at radius 1 is 1.10 bits per heavy atom. The van der Waals surface area contributed by atoms with Crippen molar-refractivity contribution in [1.29, 1.82) is 0 Å². The highest BCUT2D eigenvalue weighted by atomic mass is 16.5. The molecule has 0 fully saturated rings. The summed E-state index contributed by atoms with van der Waals surface area (Å²) < 4.78 is 9.68. The molecule has 0 saturated heterocycles. The number of urea groups is 1. The molecule has 114 valence electrons. The Bertz CT molecular complexity index is 377. The van der Waals surface area contributed by atoms with Gasteiger partial charge in [-0.2, -0.15) is 0 Å². The summed E-state index contributed by atoms with van der Waals surface area (Å²) in [4.78, 5) is 35.1. The first kappa shape index (κ1) is 17.9. The van der Waals surface area contributed by atoms with Crippen LogP contribution in [0.5, 0.6) is 0 Å². The second-order valence-corrected chi connectivity index (χ2v) is 4.69. The molecule has 0 spiro atoms. The third kappa shape index (κ3) is 8.96. The van der Waals surface area contributed by atoms with Crippen LogP contribution in [-0.4, -0.2) is 55.7 Å². The Hall–Kier alpha value is -2.05. The van der Waals surface area contributed by atoms with Crippen LogP contribution in [0.2, 0.25) is 0 Å². The molecule has 2 amide bonds. The minimum Gasteiger partial charge on any atom is -0.460 e. The highest BCUT2D eigenvalue weighted by Crippen LogP contribution is 1.93. The number of rotatable bonds is 6. The number of hydrogen-bond donors (Lipinski definition) is 1. The minimum absolute atomic E-state index is 0.0159. The van der Waals surface area contributed by atoms with Crippen molar-refractivity contribution in [2.75, 3.05) is 20.7 Å². The fourth-order valence-corrected chi connectivity index (χ4v) is 1.04. The van der Waals surface area contributed by atoms with Crippen molar-refractivity contribution in [3.63, 3.8) is 0 Å². The Morgan fingerprint density at radius 3 is 2.15 bits per heavy atom. The standard InChI is InChI=1S/C13H22N2O5/c1-9(2)20-12(17)7-6-11(16)19-8-10(3)14-13(18)15(4)5/h6-7,9-10H,8H2,1-5H3,(H,14,18)/b7-6+. The van der Waals surface area contributed by atoms with Gasteiger partial charge in [0, 0.05) is 26.2 Å². The zero-order chi connectivity index (χ0) is 15.7. The van der Waals surface area contributed by atoms with Gasteiger partial charge in [0.25, 0.3) is 0 Å². The van der Waals surface area contributed by atoms with E-state index in [4.69, 9.17) is 9.47 Å². The second-order valence-electron chi connectivity index (χ2n) is 4.69. The van der Waals surface area contributed by atoms with Crippen LogP contribution < -0.4 is 5.32 Å². The number of nitrogens with one attached hydrogen (secondary N) is 1. The second kappa shape index (κ2) is 8.95. The van der Waals surface area contributed by atoms with Crippen molar-refractivity contribution in [2.24, 2.45) is 0 Å². The van der Waals surface area contributed by atoms with Crippen LogP contribution in [0.25, 0.3) is 0 Å². The first-order chi connectivity index (χ1) is 9.22. The molecule has 0 aliphatic carbocycles. The van der Waals surface area contributed by atoms with Crippen LogP contribution in [0.1, 0.15) is 20.8 Å². The molecule has 0 heterocycles. The van der Waals surface area contributed by atoms with Gasteiger partial charge in [0.05, 0.1) is 12.1 Å². The van der Waals surface area contributed by atoms with Crippen molar-refractivity contribution >= 4 is 18.0 Å². The minimum atomic E-state index is -0.670. The molecule has 0 aromatic rings. The quantitative estimate of drug-likeness (QED) is 0.574. The Balaban J connectivity index is 4.01. The summed E-state index contributed by atoms with van der Waals surface area (Å²) in [5, 5.41) is 2.62. The molecule has 1 N–H and O–H groups in total. The van der Waals surface area contributed by atoms with Crippen molar-refractivity contribution in [1.82, 2.24) is 10.2 Å². The summed E-state index contributed by atoms with van der Waals surface area (Å²) >= 11 is 0. The summed E-state index contributed by atoms with van der Waals surface area (Å²) in [6, 6.07) is -0.602. The molecule has 0 aromatic heterocycles. The van der Waals surface area contributed by atoms with Gasteiger partial charge in [0.15, 0.2) is 0 Å². The fraction of sp³-hybridized carbons (Fsp3) is 0.615. The van der Waals surface area contributed by atoms with Gasteiger partial charge in [-0.1, -0.05) is 0 Å². The summed E-state index contributed by atoms with van der Waals surface area (Å²) in [6.07, 6.45) is 1.75. The van der Waals surface area contributed by atoms with E-state index in [1.807, 2.05) is 0 Å². The zero-order valence-corrected chi connectivity index (χ0v) is 12.5. The maximum atomic E-state index is 11.3. The van der Waals surface area contributed by atoms with Gasteiger partial charge in [-0.05, 0) is 20.8 Å². The molecule has 0 bridgehead atoms. The molecule has 7 nitrogen and oxygen atoms in total. The number of carbonyl (C=O) groups excluding carboxylic acids is 3. The van der Waals surface area contributed by atoms with Crippen LogP contribution in [0, 0.1) is 0 Å². The van der Waals surface area contributed by atoms with Gasteiger partial charge in [-0.3, -0.25) is 0 Å². The molecule has 20 heavy (non-hydrogen) atoms. The van der Waals surface area contributed by atoms with Crippen molar-refractivity contribution in [2.45, 2.75) is 32.9 Å². The van der Waals surface area contributed by atoms with E-state index in [0.717, 1.165) is 12.2 Å². The lowest BCUT2D eigenvalue weighted by molar-refractivity contribution is -0.143. The number of ether oxygens (including phenoxy) is 2. The molecule has 0 saturated carbocycles. The van der Waals surface area contributed by atoms with E-state index < -0.39 is 11.9 Å². The number of nitrogens with zero attached hydrogens (tertiary/aromatic N) is 1. The van der Waals surface area contributed by atoms with Crippen molar-refractivity contribution < 1.29 is 23.9 Å². The van der Waals surface area contributed by atoms with Gasteiger partial charge >= 0.3 is 18.0 Å². The van der Waals surface area contributed by atoms with Crippen LogP contribution in [0.4, 0.5) is 4.79 Å². The van der Waals surface area contributed by atoms with Crippen LogP contribution in [0.3, 0.4) is 0 Å². The van der Waals surface area contributed by atoms with Gasteiger partial charge < -0.3 is 19.7 Å². The lowest BCUT2D eigenvalue weighted by Gasteiger charge is -2.17. The largest absolute Gasteiger partial charge is 0.460 e. The molecule has 0 aromatic carbocycles. The Labute approximate surface area is 118 Å². The predicted octanol–water partition coefficient (Wildman–Crippen LogP) is 0.697. The van der Waals surface area contributed by atoms with E-state index >= 15 is 0 Å². The Morgan fingerprint density at radius 2 is 1.65 bits per heavy atom. The molecule has 0 aliphatic rings. The van der Waals surface area contributed by atoms with Gasteiger partial charge in [0.2, 0.25) is 0 Å². The first-order valence-corrected chi connectivity index (χ1v) is 6.25. The van der Waals surface area contributed by atoms with E-state index in [2.05, 4.69) is 5.32 Å². The molecule has 0 aliphatic heterocycles. The lowest BCUT2D eigenvalue weighted by Crippen LogP contribution is -2.42. The van der Waals surface area contributed by atoms with Crippen molar-refractivity contribution in [3.05, 3.63) is 12.2 Å². The maximum Gasteiger partial charge on any atom is 0.331 e. The molecule has 1 atom stereocenters. The molecular weight excluding hydrogens is 264 g/mol. The maximum absolute atomic E-state index is 11.3. The lowest BCUT2D eigenvalue weighted by atomic mass is 10.3. The number of amides is 2. The smallest absolute Gasteiger partial charge is 0.331 e. The van der Waals surface area contributed by atoms with Crippen LogP contribution >= 0.6 is 0 Å².